The van der Waals surface area contributed by atoms with Gasteiger partial charge in [-0.05, 0) is 44.2 Å². The lowest BCUT2D eigenvalue weighted by atomic mass is 9.90. The van der Waals surface area contributed by atoms with E-state index in [0.717, 1.165) is 0 Å². The van der Waals surface area contributed by atoms with Gasteiger partial charge in [-0.3, -0.25) is 19.0 Å². The molecule has 0 aliphatic carbocycles. The van der Waals surface area contributed by atoms with Crippen LogP contribution in [0.15, 0.2) is 101 Å². The topological polar surface area (TPSA) is 136 Å². The van der Waals surface area contributed by atoms with E-state index < -0.39 is 37.7 Å². The maximum Gasteiger partial charge on any atom is 0.321 e. The Balaban J connectivity index is 1.99. The standard InChI is InChI=1S/C28H26N2O7S2/c1-3-37-28(32)26(19(2)31)24-18-25(29-38(33,34)20-12-6-4-7-13-20)22-16-10-11-17-23(22)27(24)30-39(35,36)21-14-8-5-9-15-21/h4-18,26,29-30H,3H2,1-2H3. The van der Waals surface area contributed by atoms with Crippen LogP contribution >= 0.6 is 0 Å². The molecule has 0 fully saturated rings. The van der Waals surface area contributed by atoms with E-state index in [1.807, 2.05) is 0 Å². The molecule has 0 bridgehead atoms. The minimum Gasteiger partial charge on any atom is -0.465 e. The summed E-state index contributed by atoms with van der Waals surface area (Å²) in [7, 11) is -8.25. The molecule has 0 spiro atoms. The number of sulfonamides is 2. The van der Waals surface area contributed by atoms with Crippen LogP contribution in [-0.4, -0.2) is 35.2 Å². The number of hydrogen-bond acceptors (Lipinski definition) is 7. The van der Waals surface area contributed by atoms with Gasteiger partial charge >= 0.3 is 5.97 Å². The fraction of sp³-hybridized carbons (Fsp3) is 0.143. The van der Waals surface area contributed by atoms with Crippen LogP contribution < -0.4 is 9.44 Å². The number of carbonyl (C=O) groups is 2. The maximum absolute atomic E-state index is 13.4. The average molecular weight is 567 g/mol. The Morgan fingerprint density at radius 2 is 1.23 bits per heavy atom. The normalized spacial score (nSPS) is 12.5. The Morgan fingerprint density at radius 1 is 0.744 bits per heavy atom. The molecule has 0 heterocycles. The summed E-state index contributed by atoms with van der Waals surface area (Å²) >= 11 is 0. The first-order chi connectivity index (χ1) is 18.5. The van der Waals surface area contributed by atoms with E-state index in [-0.39, 0.29) is 38.7 Å². The van der Waals surface area contributed by atoms with Crippen LogP contribution in [0, 0.1) is 0 Å². The van der Waals surface area contributed by atoms with Gasteiger partial charge in [0.15, 0.2) is 0 Å². The van der Waals surface area contributed by atoms with Gasteiger partial charge in [0, 0.05) is 16.3 Å². The van der Waals surface area contributed by atoms with E-state index in [2.05, 4.69) is 9.44 Å². The van der Waals surface area contributed by atoms with Crippen molar-refractivity contribution in [2.24, 2.45) is 0 Å². The highest BCUT2D eigenvalue weighted by atomic mass is 32.2. The first-order valence-corrected chi connectivity index (χ1v) is 14.9. The number of rotatable bonds is 10. The molecule has 39 heavy (non-hydrogen) atoms. The summed E-state index contributed by atoms with van der Waals surface area (Å²) in [5.74, 6) is -3.03. The number of fused-ring (bicyclic) bond motifs is 1. The third-order valence-electron chi connectivity index (χ3n) is 5.90. The van der Waals surface area contributed by atoms with E-state index in [1.54, 1.807) is 67.6 Å². The number of hydrogen-bond donors (Lipinski definition) is 2. The van der Waals surface area contributed by atoms with Gasteiger partial charge in [-0.2, -0.15) is 0 Å². The molecule has 4 rings (SSSR count). The zero-order chi connectivity index (χ0) is 28.2. The Bertz CT molecular complexity index is 1740. The Kier molecular flexibility index (Phi) is 8.03. The molecule has 0 aliphatic rings. The molecule has 11 heteroatoms. The highest BCUT2D eigenvalue weighted by Crippen LogP contribution is 2.40. The molecule has 4 aromatic carbocycles. The maximum atomic E-state index is 13.4. The molecule has 0 aliphatic heterocycles. The molecule has 0 radical (unpaired) electrons. The highest BCUT2D eigenvalue weighted by Gasteiger charge is 2.33. The zero-order valence-electron chi connectivity index (χ0n) is 21.1. The van der Waals surface area contributed by atoms with Gasteiger partial charge in [0.1, 0.15) is 11.7 Å². The molecule has 4 aromatic rings. The smallest absolute Gasteiger partial charge is 0.321 e. The van der Waals surface area contributed by atoms with Crippen LogP contribution in [0.2, 0.25) is 0 Å². The third kappa shape index (κ3) is 5.94. The molecule has 0 saturated heterocycles. The lowest BCUT2D eigenvalue weighted by Crippen LogP contribution is -2.25. The summed E-state index contributed by atoms with van der Waals surface area (Å²) < 4.78 is 63.4. The molecule has 0 amide bonds. The molecule has 1 unspecified atom stereocenters. The molecule has 0 aromatic heterocycles. The first kappa shape index (κ1) is 27.8. The van der Waals surface area contributed by atoms with Crippen molar-refractivity contribution in [2.45, 2.75) is 29.6 Å². The van der Waals surface area contributed by atoms with Crippen molar-refractivity contribution in [3.05, 3.63) is 96.6 Å². The summed E-state index contributed by atoms with van der Waals surface area (Å²) in [6, 6.07) is 23.0. The SMILES string of the molecule is CCOC(=O)C(C(C)=O)c1cc(NS(=O)(=O)c2ccccc2)c2ccccc2c1NS(=O)(=O)c1ccccc1. The fourth-order valence-electron chi connectivity index (χ4n) is 4.16. The highest BCUT2D eigenvalue weighted by molar-refractivity contribution is 7.93. The average Bonchev–Trinajstić information content (AvgIpc) is 2.91. The predicted octanol–water partition coefficient (Wildman–Crippen LogP) is 4.68. The zero-order valence-corrected chi connectivity index (χ0v) is 22.8. The Labute approximate surface area is 226 Å². The molecular weight excluding hydrogens is 540 g/mol. The molecule has 9 nitrogen and oxygen atoms in total. The summed E-state index contributed by atoms with van der Waals surface area (Å²) in [4.78, 5) is 25.7. The van der Waals surface area contributed by atoms with Crippen LogP contribution in [-0.2, 0) is 34.4 Å². The monoisotopic (exact) mass is 566 g/mol. The van der Waals surface area contributed by atoms with Crippen molar-refractivity contribution < 1.29 is 31.2 Å². The molecule has 1 atom stereocenters. The van der Waals surface area contributed by atoms with Gasteiger partial charge in [-0.1, -0.05) is 60.7 Å². The summed E-state index contributed by atoms with van der Waals surface area (Å²) in [5.41, 5.74) is -0.0297. The minimum atomic E-state index is -4.17. The van der Waals surface area contributed by atoms with Gasteiger partial charge in [0.25, 0.3) is 20.0 Å². The van der Waals surface area contributed by atoms with Gasteiger partial charge < -0.3 is 4.74 Å². The number of esters is 1. The van der Waals surface area contributed by atoms with Crippen molar-refractivity contribution in [2.75, 3.05) is 16.1 Å². The van der Waals surface area contributed by atoms with E-state index >= 15 is 0 Å². The van der Waals surface area contributed by atoms with Crippen LogP contribution in [0.5, 0.6) is 0 Å². The number of ketones is 1. The quantitative estimate of drug-likeness (QED) is 0.210. The predicted molar refractivity (Wildman–Crippen MR) is 149 cm³/mol. The number of ether oxygens (including phenoxy) is 1. The first-order valence-electron chi connectivity index (χ1n) is 11.9. The Morgan fingerprint density at radius 3 is 1.74 bits per heavy atom. The molecule has 2 N–H and O–H groups in total. The fourth-order valence-corrected chi connectivity index (χ4v) is 6.38. The van der Waals surface area contributed by atoms with Crippen molar-refractivity contribution in [1.29, 1.82) is 0 Å². The van der Waals surface area contributed by atoms with Gasteiger partial charge in [0.05, 0.1) is 27.8 Å². The van der Waals surface area contributed by atoms with E-state index in [1.165, 1.54) is 37.3 Å². The summed E-state index contributed by atoms with van der Waals surface area (Å²) in [6.45, 7) is 2.74. The Hall–Kier alpha value is -4.22. The molecule has 202 valence electrons. The number of anilines is 2. The summed E-state index contributed by atoms with van der Waals surface area (Å²) in [5, 5.41) is 0.619. The molecule has 0 saturated carbocycles. The van der Waals surface area contributed by atoms with E-state index in [9.17, 15) is 26.4 Å². The summed E-state index contributed by atoms with van der Waals surface area (Å²) in [6.07, 6.45) is 0. The lowest BCUT2D eigenvalue weighted by molar-refractivity contribution is -0.147. The van der Waals surface area contributed by atoms with Gasteiger partial charge in [0.2, 0.25) is 0 Å². The number of nitrogens with one attached hydrogen (secondary N) is 2. The van der Waals surface area contributed by atoms with Crippen LogP contribution in [0.1, 0.15) is 25.3 Å². The second kappa shape index (κ2) is 11.3. The van der Waals surface area contributed by atoms with Crippen molar-refractivity contribution in [1.82, 2.24) is 0 Å². The number of Topliss-reactive ketones (excluding diaryl/α,β-unsaturated/α-hetero) is 1. The van der Waals surface area contributed by atoms with Crippen LogP contribution in [0.4, 0.5) is 11.4 Å². The minimum absolute atomic E-state index is 0.00185. The van der Waals surface area contributed by atoms with E-state index in [0.29, 0.717) is 5.39 Å². The van der Waals surface area contributed by atoms with Crippen LogP contribution in [0.3, 0.4) is 0 Å². The largest absolute Gasteiger partial charge is 0.465 e. The second-order valence-corrected chi connectivity index (χ2v) is 11.9. The third-order valence-corrected chi connectivity index (χ3v) is 8.65. The van der Waals surface area contributed by atoms with Crippen molar-refractivity contribution >= 4 is 53.9 Å². The second-order valence-electron chi connectivity index (χ2n) is 8.57. The van der Waals surface area contributed by atoms with Crippen LogP contribution in [0.25, 0.3) is 10.8 Å². The van der Waals surface area contributed by atoms with Gasteiger partial charge in [-0.15, -0.1) is 0 Å². The molecular formula is C28H26N2O7S2. The van der Waals surface area contributed by atoms with Gasteiger partial charge in [-0.25, -0.2) is 16.8 Å². The number of carbonyl (C=O) groups excluding carboxylic acids is 2. The number of benzene rings is 4. The lowest BCUT2D eigenvalue weighted by Gasteiger charge is -2.22. The van der Waals surface area contributed by atoms with Crippen molar-refractivity contribution in [3.63, 3.8) is 0 Å². The van der Waals surface area contributed by atoms with Crippen molar-refractivity contribution in [3.8, 4) is 0 Å². The van der Waals surface area contributed by atoms with E-state index in [4.69, 9.17) is 4.74 Å².